The highest BCUT2D eigenvalue weighted by atomic mass is 16.6. The highest BCUT2D eigenvalue weighted by molar-refractivity contribution is 5.99. The number of oxazole rings is 1. The van der Waals surface area contributed by atoms with Crippen molar-refractivity contribution in [1.82, 2.24) is 35.2 Å². The van der Waals surface area contributed by atoms with Crippen LogP contribution >= 0.6 is 0 Å². The number of nitrogens with zero attached hydrogens (tertiary/aromatic N) is 6. The van der Waals surface area contributed by atoms with Gasteiger partial charge in [-0.1, -0.05) is 113 Å². The van der Waals surface area contributed by atoms with Gasteiger partial charge in [0.15, 0.2) is 34.5 Å². The lowest BCUT2D eigenvalue weighted by Crippen LogP contribution is -2.53. The Morgan fingerprint density at radius 3 is 1.83 bits per heavy atom. The quantitative estimate of drug-likeness (QED) is 0.0370. The lowest BCUT2D eigenvalue weighted by Gasteiger charge is -2.36. The molecule has 0 saturated carbocycles. The largest absolute Gasteiger partial charge is 0.424 e. The zero-order valence-corrected chi connectivity index (χ0v) is 62.4. The summed E-state index contributed by atoms with van der Waals surface area (Å²) in [6.45, 7) is 28.6. The number of likely N-dealkylation sites (N-methyl/N-ethyl adjacent to an activating group) is 4. The minimum atomic E-state index is -1.40. The van der Waals surface area contributed by atoms with Crippen LogP contribution in [0.15, 0.2) is 39.9 Å². The molecule has 13 atom stereocenters. The van der Waals surface area contributed by atoms with Gasteiger partial charge in [0.2, 0.25) is 35.4 Å². The number of aliphatic hydroxyl groups is 1. The Balaban J connectivity index is 2.16. The number of anilines is 1. The molecule has 1 aliphatic rings. The number of oxime groups is 1. The fraction of sp³-hybridized carbons (Fsp3) is 0.716. The van der Waals surface area contributed by atoms with E-state index in [1.807, 2.05) is 54.5 Å². The maximum atomic E-state index is 15.1. The number of aliphatic hydroxyl groups excluding tert-OH is 1. The van der Waals surface area contributed by atoms with E-state index in [0.717, 1.165) is 5.56 Å². The average Bonchev–Trinajstić information content (AvgIpc) is 1.40. The summed E-state index contributed by atoms with van der Waals surface area (Å²) in [5, 5.41) is 21.6. The lowest BCUT2D eigenvalue weighted by molar-refractivity contribution is -0.148. The molecule has 3 rings (SSSR count). The summed E-state index contributed by atoms with van der Waals surface area (Å²) in [5.41, 5.74) is 7.59. The number of ether oxygens (including phenoxy) is 1. The predicted octanol–water partition coefficient (Wildman–Crippen LogP) is 8.90. The van der Waals surface area contributed by atoms with Gasteiger partial charge in [-0.15, -0.1) is 0 Å². The SMILES string of the molecule is C/C=C/C[C@@H](C)[C@@H](O)[C@@H]1CC(=O)[C@H](C(C)C)N(C)C(=O)[C@H](CC(C)C)CC(=O)[C@H](CC(C)C)N(C)C(=O)[C@@H](C)NC(=O)[C@H](C)CC(=O)[C@H](CC(C)C)N(C)C(=O)[C@H](C(C)C)CC(=O)[C@H]([C@@H](C)OCCC/C=N/OCc2ccc3oc(N)nc3c2)N(C)C(=O)CCC(=O)[C@H](CC)NC1=O. The standard InChI is InChI=1S/C74H119N9O15/c1-21-23-26-47(13)68(90)54-40-62(87)66(46(11)12)83(20)72(94)52(33-42(3)4)38-61(86)58(35-44(7)8)80(17)71(93)49(15)77-69(91)48(14)36-60(85)57(34-43(5)6)81(18)73(95)53(45(9)10)39-63(88)67(82(19)65(89)30-28-59(84)55(22-2)78-70(54)92)50(16)96-32-25-24-31-76-97-41-51-27-29-64-56(37-51)79-74(75)98-64/h21,23,27,29,31,37,42-50,52-55,57-58,66-68,90H,22,24-26,28,30,32-36,38-41H2,1-20H3,(H2,75,79)(H,77,91)(H,78,92)/b23-21+,76-31+/t47-,48-,49-,50-,52-,53+,54+,55+,57+,58+,66+,67+,68-/m1/s1. The van der Waals surface area contributed by atoms with Gasteiger partial charge in [0.25, 0.3) is 6.01 Å². The second-order valence-electron chi connectivity index (χ2n) is 29.2. The molecule has 1 aromatic carbocycles. The van der Waals surface area contributed by atoms with E-state index in [0.29, 0.717) is 30.4 Å². The van der Waals surface area contributed by atoms with Gasteiger partial charge in [0.1, 0.15) is 24.2 Å². The summed E-state index contributed by atoms with van der Waals surface area (Å²) < 4.78 is 11.6. The Morgan fingerprint density at radius 1 is 0.673 bits per heavy atom. The highest BCUT2D eigenvalue weighted by Gasteiger charge is 2.43. The first kappa shape index (κ1) is 85.0. The number of benzene rings is 1. The number of rotatable bonds is 22. The van der Waals surface area contributed by atoms with Gasteiger partial charge in [-0.05, 0) is 119 Å². The molecular formula is C74H119N9O15. The Morgan fingerprint density at radius 2 is 1.26 bits per heavy atom. The number of ketones is 5. The van der Waals surface area contributed by atoms with Crippen LogP contribution in [0.4, 0.5) is 6.01 Å². The van der Waals surface area contributed by atoms with Crippen LogP contribution in [-0.2, 0) is 68.9 Å². The first-order valence-electron chi connectivity index (χ1n) is 35.4. The summed E-state index contributed by atoms with van der Waals surface area (Å²) in [6.07, 6.45) is 2.45. The van der Waals surface area contributed by atoms with Crippen molar-refractivity contribution in [2.24, 2.45) is 64.3 Å². The molecule has 1 aliphatic heterocycles. The molecule has 0 aliphatic carbocycles. The van der Waals surface area contributed by atoms with Gasteiger partial charge < -0.3 is 55.1 Å². The number of nitrogens with two attached hydrogens (primary N) is 1. The van der Waals surface area contributed by atoms with E-state index in [4.69, 9.17) is 19.7 Å². The first-order valence-corrected chi connectivity index (χ1v) is 35.4. The number of allylic oxidation sites excluding steroid dienone is 2. The fourth-order valence-corrected chi connectivity index (χ4v) is 13.0. The van der Waals surface area contributed by atoms with E-state index >= 15 is 4.79 Å². The van der Waals surface area contributed by atoms with Crippen molar-refractivity contribution in [3.8, 4) is 0 Å². The zero-order chi connectivity index (χ0) is 74.2. The maximum absolute atomic E-state index is 15.1. The molecule has 2 aromatic rings. The van der Waals surface area contributed by atoms with Crippen molar-refractivity contribution in [2.75, 3.05) is 40.5 Å². The molecule has 0 bridgehead atoms. The van der Waals surface area contributed by atoms with E-state index in [2.05, 4.69) is 20.8 Å². The third kappa shape index (κ3) is 25.5. The molecule has 6 amide bonds. The van der Waals surface area contributed by atoms with Crippen LogP contribution in [0.25, 0.3) is 11.1 Å². The van der Waals surface area contributed by atoms with Crippen molar-refractivity contribution >= 4 is 87.7 Å². The third-order valence-electron chi connectivity index (χ3n) is 18.8. The fourth-order valence-electron chi connectivity index (χ4n) is 13.0. The van der Waals surface area contributed by atoms with E-state index < -0.39 is 167 Å². The second kappa shape index (κ2) is 40.8. The smallest absolute Gasteiger partial charge is 0.292 e. The molecule has 1 saturated heterocycles. The van der Waals surface area contributed by atoms with Gasteiger partial charge in [0.05, 0.1) is 42.3 Å². The van der Waals surface area contributed by atoms with E-state index in [9.17, 15) is 53.1 Å². The summed E-state index contributed by atoms with van der Waals surface area (Å²) in [4.78, 5) is 176. The van der Waals surface area contributed by atoms with E-state index in [1.54, 1.807) is 85.9 Å². The first-order chi connectivity index (χ1) is 45.9. The van der Waals surface area contributed by atoms with Crippen LogP contribution in [0.5, 0.6) is 0 Å². The number of hydrogen-bond acceptors (Lipinski definition) is 18. The predicted molar refractivity (Wildman–Crippen MR) is 377 cm³/mol. The van der Waals surface area contributed by atoms with Crippen molar-refractivity contribution in [1.29, 1.82) is 0 Å². The molecule has 1 aromatic heterocycles. The number of hydrogen-bond donors (Lipinski definition) is 4. The normalized spacial score (nSPS) is 25.3. The summed E-state index contributed by atoms with van der Waals surface area (Å²) in [6, 6.07) is -1.45. The number of aromatic nitrogens is 1. The van der Waals surface area contributed by atoms with Crippen LogP contribution in [0.3, 0.4) is 0 Å². The lowest BCUT2D eigenvalue weighted by atomic mass is 9.82. The summed E-state index contributed by atoms with van der Waals surface area (Å²) in [7, 11) is 5.87. The number of nitrogen functional groups attached to an aromatic ring is 1. The minimum Gasteiger partial charge on any atom is -0.424 e. The topological polar surface area (TPSA) is 328 Å². The number of amides is 6. The number of Topliss-reactive ketones (excluding diaryl/α,β-unsaturated/α-hetero) is 5. The molecule has 24 nitrogen and oxygen atoms in total. The van der Waals surface area contributed by atoms with Crippen molar-refractivity contribution in [3.63, 3.8) is 0 Å². The minimum absolute atomic E-state index is 0.0511. The van der Waals surface area contributed by atoms with Crippen molar-refractivity contribution < 1.29 is 71.8 Å². The van der Waals surface area contributed by atoms with E-state index in [-0.39, 0.29) is 88.3 Å². The van der Waals surface area contributed by atoms with Crippen LogP contribution in [0, 0.1) is 59.2 Å². The van der Waals surface area contributed by atoms with E-state index in [1.165, 1.54) is 54.7 Å². The number of fused-ring (bicyclic) bond motifs is 1. The number of nitrogens with one attached hydrogen (secondary N) is 2. The van der Waals surface area contributed by atoms with Gasteiger partial charge >= 0.3 is 0 Å². The zero-order valence-electron chi connectivity index (χ0n) is 62.4. The van der Waals surface area contributed by atoms with Crippen LogP contribution < -0.4 is 16.4 Å². The maximum Gasteiger partial charge on any atom is 0.292 e. The second-order valence-corrected chi connectivity index (χ2v) is 29.2. The van der Waals surface area contributed by atoms with Crippen molar-refractivity contribution in [2.45, 2.75) is 249 Å². The number of carbonyl (C=O) groups is 11. The van der Waals surface area contributed by atoms with Gasteiger partial charge in [0, 0.05) is 97.3 Å². The number of carbonyl (C=O) groups excluding carboxylic acids is 11. The molecule has 550 valence electrons. The molecule has 1 fully saturated rings. The highest BCUT2D eigenvalue weighted by Crippen LogP contribution is 2.30. The van der Waals surface area contributed by atoms with Crippen LogP contribution in [0.2, 0.25) is 0 Å². The Hall–Kier alpha value is -7.21. The molecule has 24 heteroatoms. The molecule has 5 N–H and O–H groups in total. The third-order valence-corrected chi connectivity index (χ3v) is 18.8. The van der Waals surface area contributed by atoms with Crippen LogP contribution in [-0.4, -0.2) is 184 Å². The molecule has 98 heavy (non-hydrogen) atoms. The summed E-state index contributed by atoms with van der Waals surface area (Å²) in [5.74, 6) is -12.2. The molecule has 2 heterocycles. The Kier molecular flexibility index (Phi) is 35.4. The van der Waals surface area contributed by atoms with Gasteiger partial charge in [-0.3, -0.25) is 52.7 Å². The number of unbranched alkanes of at least 4 members (excludes halogenated alkanes) is 1. The molecule has 0 radical (unpaired) electrons. The van der Waals surface area contributed by atoms with Crippen molar-refractivity contribution in [3.05, 3.63) is 35.9 Å². The molecule has 0 unspecified atom stereocenters. The van der Waals surface area contributed by atoms with Gasteiger partial charge in [-0.2, -0.15) is 4.98 Å². The van der Waals surface area contributed by atoms with Gasteiger partial charge in [-0.25, -0.2) is 0 Å². The van der Waals surface area contributed by atoms with Crippen LogP contribution in [0.1, 0.15) is 200 Å². The summed E-state index contributed by atoms with van der Waals surface area (Å²) >= 11 is 0. The monoisotopic (exact) mass is 1370 g/mol. The molecular weight excluding hydrogens is 1250 g/mol. The average molecular weight is 1370 g/mol. The Labute approximate surface area is 582 Å². The Bertz CT molecular complexity index is 3060. The molecule has 0 spiro atoms.